The van der Waals surface area contributed by atoms with E-state index >= 15 is 0 Å². The van der Waals surface area contributed by atoms with Crippen LogP contribution >= 0.6 is 11.3 Å². The summed E-state index contributed by atoms with van der Waals surface area (Å²) >= 11 is 1.23. The number of esters is 2. The third-order valence-corrected chi connectivity index (χ3v) is 6.56. The Morgan fingerprint density at radius 2 is 1.89 bits per heavy atom. The fourth-order valence-corrected chi connectivity index (χ4v) is 5.09. The summed E-state index contributed by atoms with van der Waals surface area (Å²) in [4.78, 5) is 42.6. The molecule has 0 unspecified atom stereocenters. The molecular weight excluding hydrogens is 472 g/mol. The molecule has 5 rings (SSSR count). The third kappa shape index (κ3) is 4.12. The Morgan fingerprint density at radius 3 is 2.60 bits per heavy atom. The first kappa shape index (κ1) is 22.6. The Balaban J connectivity index is 1.65. The maximum absolute atomic E-state index is 13.6. The highest BCUT2D eigenvalue weighted by Crippen LogP contribution is 2.33. The second-order valence-electron chi connectivity index (χ2n) is 7.85. The van der Waals surface area contributed by atoms with Crippen molar-refractivity contribution in [2.75, 3.05) is 13.9 Å². The lowest BCUT2D eigenvalue weighted by atomic mass is 9.96. The number of benzene rings is 2. The van der Waals surface area contributed by atoms with Gasteiger partial charge in [-0.3, -0.25) is 14.2 Å². The highest BCUT2D eigenvalue weighted by Gasteiger charge is 2.33. The summed E-state index contributed by atoms with van der Waals surface area (Å²) in [6, 6.07) is 11.3. The minimum Gasteiger partial charge on any atom is -0.466 e. The number of fused-ring (bicyclic) bond motifs is 2. The largest absolute Gasteiger partial charge is 0.466 e. The molecule has 0 aliphatic carbocycles. The van der Waals surface area contributed by atoms with E-state index < -0.39 is 18.0 Å². The maximum atomic E-state index is 13.6. The van der Waals surface area contributed by atoms with Gasteiger partial charge in [0.1, 0.15) is 5.75 Å². The predicted octanol–water partition coefficient (Wildman–Crippen LogP) is 2.06. The Bertz CT molecular complexity index is 1560. The summed E-state index contributed by atoms with van der Waals surface area (Å²) in [5.74, 6) is 0.600. The van der Waals surface area contributed by atoms with Crippen molar-refractivity contribution in [2.24, 2.45) is 4.99 Å². The number of nitrogens with zero attached hydrogens (tertiary/aromatic N) is 2. The molecular formula is C25H20N2O7S. The molecule has 178 valence electrons. The van der Waals surface area contributed by atoms with E-state index in [-0.39, 0.29) is 17.9 Å². The zero-order chi connectivity index (χ0) is 24.7. The van der Waals surface area contributed by atoms with E-state index in [9.17, 15) is 14.4 Å². The van der Waals surface area contributed by atoms with E-state index in [1.54, 1.807) is 49.4 Å². The topological polar surface area (TPSA) is 105 Å². The van der Waals surface area contributed by atoms with E-state index in [1.807, 2.05) is 6.07 Å². The molecule has 3 heterocycles. The van der Waals surface area contributed by atoms with Crippen LogP contribution in [0.4, 0.5) is 0 Å². The fraction of sp³-hybridized carbons (Fsp3) is 0.200. The first-order chi connectivity index (χ1) is 16.9. The molecule has 2 aliphatic rings. The van der Waals surface area contributed by atoms with Crippen molar-refractivity contribution in [3.63, 3.8) is 0 Å². The van der Waals surface area contributed by atoms with Gasteiger partial charge in [-0.2, -0.15) is 0 Å². The second kappa shape index (κ2) is 8.88. The van der Waals surface area contributed by atoms with Crippen molar-refractivity contribution in [3.05, 3.63) is 84.5 Å². The van der Waals surface area contributed by atoms with Gasteiger partial charge in [-0.1, -0.05) is 29.5 Å². The summed E-state index contributed by atoms with van der Waals surface area (Å²) in [5, 5.41) is 0. The van der Waals surface area contributed by atoms with Crippen LogP contribution in [0.5, 0.6) is 17.2 Å². The fourth-order valence-electron chi connectivity index (χ4n) is 4.05. The van der Waals surface area contributed by atoms with Crippen LogP contribution in [-0.4, -0.2) is 30.4 Å². The molecule has 0 fully saturated rings. The van der Waals surface area contributed by atoms with Gasteiger partial charge in [0.25, 0.3) is 5.56 Å². The van der Waals surface area contributed by atoms with Crippen LogP contribution in [-0.2, 0) is 14.3 Å². The lowest BCUT2D eigenvalue weighted by Gasteiger charge is -2.24. The molecule has 0 N–H and O–H groups in total. The first-order valence-electron chi connectivity index (χ1n) is 10.6. The predicted molar refractivity (Wildman–Crippen MR) is 126 cm³/mol. The molecule has 0 saturated carbocycles. The Morgan fingerprint density at radius 1 is 1.14 bits per heavy atom. The summed E-state index contributed by atoms with van der Waals surface area (Å²) in [7, 11) is 1.29. The van der Waals surface area contributed by atoms with Gasteiger partial charge in [0.05, 0.1) is 29.0 Å². The first-order valence-corrected chi connectivity index (χ1v) is 11.5. The lowest BCUT2D eigenvalue weighted by molar-refractivity contribution is -0.136. The SMILES string of the molecule is COC(=O)C1=C(C)N=c2s/c(=C/c3ccc4c(c3)OCO4)c(=O)n2[C@@H]1c1ccc(OC(C)=O)cc1. The molecule has 1 atom stereocenters. The molecule has 0 saturated heterocycles. The van der Waals surface area contributed by atoms with Gasteiger partial charge in [-0.25, -0.2) is 9.79 Å². The van der Waals surface area contributed by atoms with Crippen LogP contribution in [0.2, 0.25) is 0 Å². The smallest absolute Gasteiger partial charge is 0.338 e. The molecule has 1 aromatic heterocycles. The normalized spacial score (nSPS) is 16.5. The van der Waals surface area contributed by atoms with Gasteiger partial charge >= 0.3 is 11.9 Å². The molecule has 9 nitrogen and oxygen atoms in total. The lowest BCUT2D eigenvalue weighted by Crippen LogP contribution is -2.39. The third-order valence-electron chi connectivity index (χ3n) is 5.58. The molecule has 0 radical (unpaired) electrons. The summed E-state index contributed by atoms with van der Waals surface area (Å²) in [5.41, 5.74) is 1.84. The van der Waals surface area contributed by atoms with Gasteiger partial charge < -0.3 is 18.9 Å². The molecule has 0 spiro atoms. The summed E-state index contributed by atoms with van der Waals surface area (Å²) in [6.07, 6.45) is 1.75. The number of ether oxygens (including phenoxy) is 4. The Hall–Kier alpha value is -4.18. The zero-order valence-electron chi connectivity index (χ0n) is 19.1. The molecule has 3 aromatic rings. The Labute approximate surface area is 203 Å². The van der Waals surface area contributed by atoms with Gasteiger partial charge in [0.15, 0.2) is 16.3 Å². The van der Waals surface area contributed by atoms with Crippen molar-refractivity contribution in [3.8, 4) is 17.2 Å². The van der Waals surface area contributed by atoms with Gasteiger partial charge in [0.2, 0.25) is 6.79 Å². The van der Waals surface area contributed by atoms with Crippen LogP contribution in [0.15, 0.2) is 63.5 Å². The summed E-state index contributed by atoms with van der Waals surface area (Å²) < 4.78 is 22.9. The average molecular weight is 493 g/mol. The van der Waals surface area contributed by atoms with Crippen molar-refractivity contribution < 1.29 is 28.5 Å². The maximum Gasteiger partial charge on any atom is 0.338 e. The van der Waals surface area contributed by atoms with Crippen LogP contribution in [0.3, 0.4) is 0 Å². The number of rotatable bonds is 4. The molecule has 35 heavy (non-hydrogen) atoms. The van der Waals surface area contributed by atoms with Crippen molar-refractivity contribution in [2.45, 2.75) is 19.9 Å². The van der Waals surface area contributed by atoms with E-state index in [0.717, 1.165) is 5.56 Å². The molecule has 0 bridgehead atoms. The minimum absolute atomic E-state index is 0.160. The highest BCUT2D eigenvalue weighted by molar-refractivity contribution is 7.07. The molecule has 0 amide bonds. The number of allylic oxidation sites excluding steroid dienone is 1. The zero-order valence-corrected chi connectivity index (χ0v) is 19.9. The van der Waals surface area contributed by atoms with Crippen molar-refractivity contribution in [1.82, 2.24) is 4.57 Å². The number of methoxy groups -OCH3 is 1. The Kier molecular flexibility index (Phi) is 5.73. The van der Waals surface area contributed by atoms with E-state index in [2.05, 4.69) is 4.99 Å². The molecule has 2 aromatic carbocycles. The van der Waals surface area contributed by atoms with Crippen molar-refractivity contribution >= 4 is 29.4 Å². The number of aromatic nitrogens is 1. The number of carbonyl (C=O) groups excluding carboxylic acids is 2. The summed E-state index contributed by atoms with van der Waals surface area (Å²) in [6.45, 7) is 3.18. The van der Waals surface area contributed by atoms with Crippen molar-refractivity contribution in [1.29, 1.82) is 0 Å². The number of carbonyl (C=O) groups is 2. The van der Waals surface area contributed by atoms with Crippen LogP contribution in [0.25, 0.3) is 6.08 Å². The van der Waals surface area contributed by atoms with E-state index in [4.69, 9.17) is 18.9 Å². The minimum atomic E-state index is -0.760. The number of hydrogen-bond donors (Lipinski definition) is 0. The van der Waals surface area contributed by atoms with Gasteiger partial charge in [0, 0.05) is 6.92 Å². The second-order valence-corrected chi connectivity index (χ2v) is 8.86. The highest BCUT2D eigenvalue weighted by atomic mass is 32.1. The van der Waals surface area contributed by atoms with Gasteiger partial charge in [-0.15, -0.1) is 0 Å². The molecule has 2 aliphatic heterocycles. The quantitative estimate of drug-likeness (QED) is 0.406. The average Bonchev–Trinajstić information content (AvgIpc) is 3.42. The molecule has 10 heteroatoms. The van der Waals surface area contributed by atoms with Crippen LogP contribution in [0.1, 0.15) is 31.0 Å². The van der Waals surface area contributed by atoms with Crippen LogP contribution < -0.4 is 29.1 Å². The number of hydrogen-bond acceptors (Lipinski definition) is 9. The standard InChI is InChI=1S/C25H20N2O7S/c1-13-21(24(30)31-3)22(16-5-7-17(8-6-16)34-14(2)28)27-23(29)20(35-25(27)26-13)11-15-4-9-18-19(10-15)33-12-32-18/h4-11,22H,12H2,1-3H3/b20-11+/t22-/m1/s1. The van der Waals surface area contributed by atoms with E-state index in [1.165, 1.54) is 29.9 Å². The monoisotopic (exact) mass is 492 g/mol. The van der Waals surface area contributed by atoms with E-state index in [0.29, 0.717) is 37.8 Å². The van der Waals surface area contributed by atoms with Crippen LogP contribution in [0, 0.1) is 0 Å². The number of thiazole rings is 1. The van der Waals surface area contributed by atoms with Gasteiger partial charge in [-0.05, 0) is 48.4 Å².